The number of ether oxygens (including phenoxy) is 1. The molecule has 5 nitrogen and oxygen atoms in total. The summed E-state index contributed by atoms with van der Waals surface area (Å²) < 4.78 is 5.64. The van der Waals surface area contributed by atoms with E-state index in [-0.39, 0.29) is 0 Å². The molecule has 2 rings (SSSR count). The number of nitrogens with zero attached hydrogens (tertiary/aromatic N) is 2. The molecule has 1 saturated heterocycles. The summed E-state index contributed by atoms with van der Waals surface area (Å²) in [6.07, 6.45) is 2.18. The first-order valence-corrected chi connectivity index (χ1v) is 7.11. The average Bonchev–Trinajstić information content (AvgIpc) is 2.38. The summed E-state index contributed by atoms with van der Waals surface area (Å²) in [6, 6.07) is 1.87. The van der Waals surface area contributed by atoms with Gasteiger partial charge in [-0.05, 0) is 39.7 Å². The van der Waals surface area contributed by atoms with Crippen molar-refractivity contribution in [3.05, 3.63) is 23.0 Å². The Hall–Kier alpha value is -1.62. The second-order valence-electron chi connectivity index (χ2n) is 5.19. The lowest BCUT2D eigenvalue weighted by Crippen LogP contribution is -2.38. The Morgan fingerprint density at radius 1 is 1.45 bits per heavy atom. The van der Waals surface area contributed by atoms with Crippen molar-refractivity contribution in [2.24, 2.45) is 0 Å². The van der Waals surface area contributed by atoms with Gasteiger partial charge in [-0.25, -0.2) is 4.79 Å². The molecule has 110 valence electrons. The molecule has 0 aliphatic carbocycles. The van der Waals surface area contributed by atoms with Crippen LogP contribution in [-0.2, 0) is 4.74 Å². The van der Waals surface area contributed by atoms with E-state index in [9.17, 15) is 9.90 Å². The van der Waals surface area contributed by atoms with E-state index in [1.807, 2.05) is 19.9 Å². The molecule has 1 fully saturated rings. The minimum atomic E-state index is -0.906. The van der Waals surface area contributed by atoms with Crippen LogP contribution < -0.4 is 4.90 Å². The summed E-state index contributed by atoms with van der Waals surface area (Å²) in [5, 5.41) is 9.41. The molecule has 0 amide bonds. The van der Waals surface area contributed by atoms with Crippen LogP contribution in [0.15, 0.2) is 6.07 Å². The van der Waals surface area contributed by atoms with Gasteiger partial charge in [0.1, 0.15) is 5.56 Å². The standard InChI is InChI=1S/C15H22N2O3/c1-4-20-12-5-7-17(8-6-12)13-9-10(2)16-11(3)14(13)15(18)19/h9,12H,4-8H2,1-3H3,(H,18,19). The van der Waals surface area contributed by atoms with Crippen molar-refractivity contribution in [1.82, 2.24) is 4.98 Å². The van der Waals surface area contributed by atoms with Crippen LogP contribution in [0.3, 0.4) is 0 Å². The lowest BCUT2D eigenvalue weighted by Gasteiger charge is -2.34. The normalized spacial score (nSPS) is 16.4. The van der Waals surface area contributed by atoms with Crippen LogP contribution in [0.25, 0.3) is 0 Å². The van der Waals surface area contributed by atoms with Crippen LogP contribution >= 0.6 is 0 Å². The quantitative estimate of drug-likeness (QED) is 0.916. The fourth-order valence-corrected chi connectivity index (χ4v) is 2.82. The monoisotopic (exact) mass is 278 g/mol. The van der Waals surface area contributed by atoms with Gasteiger partial charge >= 0.3 is 5.97 Å². The first kappa shape index (κ1) is 14.8. The number of aryl methyl sites for hydroxylation is 2. The molecule has 1 aromatic rings. The second-order valence-corrected chi connectivity index (χ2v) is 5.19. The summed E-state index contributed by atoms with van der Waals surface area (Å²) in [4.78, 5) is 17.9. The van der Waals surface area contributed by atoms with Crippen molar-refractivity contribution < 1.29 is 14.6 Å². The SMILES string of the molecule is CCOC1CCN(c2cc(C)nc(C)c2C(=O)O)CC1. The minimum Gasteiger partial charge on any atom is -0.478 e. The Kier molecular flexibility index (Phi) is 4.60. The van der Waals surface area contributed by atoms with E-state index in [2.05, 4.69) is 9.88 Å². The molecule has 0 radical (unpaired) electrons. The second kappa shape index (κ2) is 6.22. The summed E-state index contributed by atoms with van der Waals surface area (Å²) >= 11 is 0. The van der Waals surface area contributed by atoms with Gasteiger partial charge < -0.3 is 14.7 Å². The molecule has 0 atom stereocenters. The number of carboxylic acid groups (broad SMARTS) is 1. The van der Waals surface area contributed by atoms with Crippen molar-refractivity contribution in [3.8, 4) is 0 Å². The Morgan fingerprint density at radius 2 is 2.10 bits per heavy atom. The maximum atomic E-state index is 11.5. The minimum absolute atomic E-state index is 0.300. The van der Waals surface area contributed by atoms with Gasteiger partial charge in [0, 0.05) is 25.4 Å². The van der Waals surface area contributed by atoms with Crippen LogP contribution in [-0.4, -0.2) is 41.9 Å². The molecule has 0 spiro atoms. The van der Waals surface area contributed by atoms with E-state index in [0.717, 1.165) is 43.9 Å². The maximum Gasteiger partial charge on any atom is 0.339 e. The van der Waals surface area contributed by atoms with E-state index in [1.165, 1.54) is 0 Å². The topological polar surface area (TPSA) is 62.7 Å². The molecule has 0 unspecified atom stereocenters. The fraction of sp³-hybridized carbons (Fsp3) is 0.600. The van der Waals surface area contributed by atoms with Gasteiger partial charge in [0.2, 0.25) is 0 Å². The third kappa shape index (κ3) is 3.10. The zero-order valence-corrected chi connectivity index (χ0v) is 12.3. The van der Waals surface area contributed by atoms with Gasteiger partial charge in [0.05, 0.1) is 17.5 Å². The van der Waals surface area contributed by atoms with Crippen LogP contribution in [0.2, 0.25) is 0 Å². The number of carboxylic acids is 1. The van der Waals surface area contributed by atoms with Gasteiger partial charge in [-0.2, -0.15) is 0 Å². The van der Waals surface area contributed by atoms with Gasteiger partial charge in [0.25, 0.3) is 0 Å². The highest BCUT2D eigenvalue weighted by Crippen LogP contribution is 2.27. The number of aromatic nitrogens is 1. The Balaban J connectivity index is 2.23. The number of rotatable bonds is 4. The number of piperidine rings is 1. The number of aromatic carboxylic acids is 1. The highest BCUT2D eigenvalue weighted by Gasteiger charge is 2.24. The molecule has 2 heterocycles. The first-order chi connectivity index (χ1) is 9.52. The maximum absolute atomic E-state index is 11.5. The molecule has 1 aromatic heterocycles. The van der Waals surface area contributed by atoms with Crippen LogP contribution in [0.5, 0.6) is 0 Å². The molecule has 0 bridgehead atoms. The number of pyridine rings is 1. The number of carbonyl (C=O) groups is 1. The highest BCUT2D eigenvalue weighted by atomic mass is 16.5. The summed E-state index contributed by atoms with van der Waals surface area (Å²) in [5.74, 6) is -0.906. The van der Waals surface area contributed by atoms with E-state index < -0.39 is 5.97 Å². The van der Waals surface area contributed by atoms with Crippen LogP contribution in [0.4, 0.5) is 5.69 Å². The number of anilines is 1. The lowest BCUT2D eigenvalue weighted by atomic mass is 10.0. The molecule has 5 heteroatoms. The third-order valence-electron chi connectivity index (χ3n) is 3.71. The van der Waals surface area contributed by atoms with Crippen molar-refractivity contribution in [3.63, 3.8) is 0 Å². The number of hydrogen-bond acceptors (Lipinski definition) is 4. The zero-order valence-electron chi connectivity index (χ0n) is 12.3. The predicted molar refractivity (Wildman–Crippen MR) is 77.5 cm³/mol. The van der Waals surface area contributed by atoms with E-state index >= 15 is 0 Å². The van der Waals surface area contributed by atoms with Gasteiger partial charge in [-0.15, -0.1) is 0 Å². The van der Waals surface area contributed by atoms with E-state index in [1.54, 1.807) is 6.92 Å². The Labute approximate surface area is 119 Å². The van der Waals surface area contributed by atoms with Crippen molar-refractivity contribution in [1.29, 1.82) is 0 Å². The largest absolute Gasteiger partial charge is 0.478 e. The van der Waals surface area contributed by atoms with E-state index in [0.29, 0.717) is 17.4 Å². The molecular weight excluding hydrogens is 256 g/mol. The molecule has 20 heavy (non-hydrogen) atoms. The summed E-state index contributed by atoms with van der Waals surface area (Å²) in [7, 11) is 0. The molecule has 1 aliphatic rings. The van der Waals surface area contributed by atoms with Crippen molar-refractivity contribution >= 4 is 11.7 Å². The molecule has 1 aliphatic heterocycles. The van der Waals surface area contributed by atoms with Gasteiger partial charge in [-0.1, -0.05) is 0 Å². The Bertz CT molecular complexity index is 494. The smallest absolute Gasteiger partial charge is 0.339 e. The first-order valence-electron chi connectivity index (χ1n) is 7.11. The zero-order chi connectivity index (χ0) is 14.7. The molecule has 0 aromatic carbocycles. The fourth-order valence-electron chi connectivity index (χ4n) is 2.82. The van der Waals surface area contributed by atoms with Crippen LogP contribution in [0.1, 0.15) is 41.5 Å². The molecular formula is C15H22N2O3. The molecule has 1 N–H and O–H groups in total. The predicted octanol–water partition coefficient (Wildman–Crippen LogP) is 2.40. The molecule has 0 saturated carbocycles. The van der Waals surface area contributed by atoms with Crippen LogP contribution in [0, 0.1) is 13.8 Å². The highest BCUT2D eigenvalue weighted by molar-refractivity contribution is 5.95. The third-order valence-corrected chi connectivity index (χ3v) is 3.71. The van der Waals surface area contributed by atoms with Gasteiger partial charge in [-0.3, -0.25) is 4.98 Å². The van der Waals surface area contributed by atoms with Crippen molar-refractivity contribution in [2.45, 2.75) is 39.7 Å². The lowest BCUT2D eigenvalue weighted by molar-refractivity contribution is 0.0459. The summed E-state index contributed by atoms with van der Waals surface area (Å²) in [5.41, 5.74) is 2.55. The van der Waals surface area contributed by atoms with Gasteiger partial charge in [0.15, 0.2) is 0 Å². The van der Waals surface area contributed by atoms with E-state index in [4.69, 9.17) is 4.74 Å². The van der Waals surface area contributed by atoms with Crippen molar-refractivity contribution in [2.75, 3.05) is 24.6 Å². The average molecular weight is 278 g/mol. The number of hydrogen-bond donors (Lipinski definition) is 1. The summed E-state index contributed by atoms with van der Waals surface area (Å²) in [6.45, 7) is 8.05. The Morgan fingerprint density at radius 3 is 2.65 bits per heavy atom.